The molecule has 0 aliphatic carbocycles. The molecule has 0 saturated carbocycles. The SMILES string of the molecule is CCCc1cc(C(=O)OC)c(NC(=O)Cc2ccccc2Cl)s1. The van der Waals surface area contributed by atoms with Crippen LogP contribution in [0.3, 0.4) is 0 Å². The van der Waals surface area contributed by atoms with E-state index < -0.39 is 5.97 Å². The Morgan fingerprint density at radius 1 is 1.30 bits per heavy atom. The van der Waals surface area contributed by atoms with Crippen LogP contribution < -0.4 is 5.32 Å². The molecule has 1 aromatic carbocycles. The molecular weight excluding hydrogens is 334 g/mol. The van der Waals surface area contributed by atoms with Crippen molar-refractivity contribution >= 4 is 39.8 Å². The minimum atomic E-state index is -0.448. The quantitative estimate of drug-likeness (QED) is 0.788. The Balaban J connectivity index is 2.16. The molecule has 6 heteroatoms. The Morgan fingerprint density at radius 2 is 2.04 bits per heavy atom. The van der Waals surface area contributed by atoms with Crippen LogP contribution >= 0.6 is 22.9 Å². The van der Waals surface area contributed by atoms with Gasteiger partial charge in [-0.2, -0.15) is 0 Å². The number of rotatable bonds is 6. The number of carbonyl (C=O) groups excluding carboxylic acids is 2. The average molecular weight is 352 g/mol. The molecule has 1 N–H and O–H groups in total. The Bertz CT molecular complexity index is 712. The second-order valence-electron chi connectivity index (χ2n) is 5.01. The molecule has 1 amide bonds. The smallest absolute Gasteiger partial charge is 0.340 e. The van der Waals surface area contributed by atoms with Gasteiger partial charge in [-0.1, -0.05) is 43.1 Å². The number of ether oxygens (including phenoxy) is 1. The zero-order valence-corrected chi connectivity index (χ0v) is 14.6. The number of benzene rings is 1. The molecule has 1 aromatic heterocycles. The van der Waals surface area contributed by atoms with Crippen LogP contribution in [-0.2, 0) is 22.4 Å². The van der Waals surface area contributed by atoms with Crippen LogP contribution in [0.1, 0.15) is 34.1 Å². The third-order valence-corrected chi connectivity index (χ3v) is 4.73. The third kappa shape index (κ3) is 4.56. The van der Waals surface area contributed by atoms with E-state index in [1.165, 1.54) is 18.4 Å². The van der Waals surface area contributed by atoms with Gasteiger partial charge in [0.2, 0.25) is 5.91 Å². The number of nitrogens with one attached hydrogen (secondary N) is 1. The highest BCUT2D eigenvalue weighted by Crippen LogP contribution is 2.30. The first-order valence-corrected chi connectivity index (χ1v) is 8.48. The van der Waals surface area contributed by atoms with E-state index in [2.05, 4.69) is 12.2 Å². The van der Waals surface area contributed by atoms with Gasteiger partial charge in [0.1, 0.15) is 5.00 Å². The van der Waals surface area contributed by atoms with E-state index in [1.807, 2.05) is 12.1 Å². The fourth-order valence-corrected chi connectivity index (χ4v) is 3.52. The van der Waals surface area contributed by atoms with Gasteiger partial charge in [-0.05, 0) is 24.1 Å². The van der Waals surface area contributed by atoms with Crippen LogP contribution in [-0.4, -0.2) is 19.0 Å². The van der Waals surface area contributed by atoms with Crippen LogP contribution in [0.2, 0.25) is 5.02 Å². The highest BCUT2D eigenvalue weighted by molar-refractivity contribution is 7.16. The van der Waals surface area contributed by atoms with E-state index in [0.717, 1.165) is 23.3 Å². The number of anilines is 1. The summed E-state index contributed by atoms with van der Waals surface area (Å²) >= 11 is 7.47. The maximum atomic E-state index is 12.2. The number of esters is 1. The van der Waals surface area contributed by atoms with Gasteiger partial charge in [-0.3, -0.25) is 4.79 Å². The predicted molar refractivity (Wildman–Crippen MR) is 93.4 cm³/mol. The molecule has 0 atom stereocenters. The van der Waals surface area contributed by atoms with Crippen LogP contribution in [0.25, 0.3) is 0 Å². The van der Waals surface area contributed by atoms with Crippen LogP contribution in [0.4, 0.5) is 5.00 Å². The van der Waals surface area contributed by atoms with Gasteiger partial charge in [0, 0.05) is 9.90 Å². The monoisotopic (exact) mass is 351 g/mol. The first-order valence-electron chi connectivity index (χ1n) is 7.29. The Labute approximate surface area is 144 Å². The van der Waals surface area contributed by atoms with Crippen molar-refractivity contribution in [2.24, 2.45) is 0 Å². The molecule has 0 spiro atoms. The first-order chi connectivity index (χ1) is 11.0. The molecule has 0 aliphatic heterocycles. The second-order valence-corrected chi connectivity index (χ2v) is 6.56. The molecule has 4 nitrogen and oxygen atoms in total. The van der Waals surface area contributed by atoms with Crippen molar-refractivity contribution in [3.05, 3.63) is 51.4 Å². The van der Waals surface area contributed by atoms with Crippen molar-refractivity contribution in [2.45, 2.75) is 26.2 Å². The van der Waals surface area contributed by atoms with Crippen molar-refractivity contribution in [2.75, 3.05) is 12.4 Å². The highest BCUT2D eigenvalue weighted by Gasteiger charge is 2.18. The number of methoxy groups -OCH3 is 1. The number of carbonyl (C=O) groups is 2. The minimum absolute atomic E-state index is 0.154. The lowest BCUT2D eigenvalue weighted by Crippen LogP contribution is -2.16. The number of thiophene rings is 1. The summed E-state index contributed by atoms with van der Waals surface area (Å²) < 4.78 is 4.78. The lowest BCUT2D eigenvalue weighted by molar-refractivity contribution is -0.115. The molecule has 0 fully saturated rings. The van der Waals surface area contributed by atoms with Gasteiger partial charge in [0.25, 0.3) is 0 Å². The van der Waals surface area contributed by atoms with Crippen LogP contribution in [0.5, 0.6) is 0 Å². The molecule has 122 valence electrons. The minimum Gasteiger partial charge on any atom is -0.465 e. The molecule has 0 aliphatic rings. The summed E-state index contributed by atoms with van der Waals surface area (Å²) in [5, 5.41) is 3.88. The maximum absolute atomic E-state index is 12.2. The summed E-state index contributed by atoms with van der Waals surface area (Å²) in [6, 6.07) is 8.98. The van der Waals surface area contributed by atoms with Crippen molar-refractivity contribution in [3.8, 4) is 0 Å². The zero-order valence-electron chi connectivity index (χ0n) is 13.0. The van der Waals surface area contributed by atoms with E-state index in [-0.39, 0.29) is 12.3 Å². The van der Waals surface area contributed by atoms with E-state index >= 15 is 0 Å². The van der Waals surface area contributed by atoms with Crippen LogP contribution in [0.15, 0.2) is 30.3 Å². The van der Waals surface area contributed by atoms with Crippen molar-refractivity contribution in [1.82, 2.24) is 0 Å². The second kappa shape index (κ2) is 8.13. The summed E-state index contributed by atoms with van der Waals surface area (Å²) in [4.78, 5) is 25.1. The normalized spacial score (nSPS) is 10.4. The van der Waals surface area contributed by atoms with Gasteiger partial charge < -0.3 is 10.1 Å². The largest absolute Gasteiger partial charge is 0.465 e. The highest BCUT2D eigenvalue weighted by atomic mass is 35.5. The van der Waals surface area contributed by atoms with E-state index in [0.29, 0.717) is 15.6 Å². The summed E-state index contributed by atoms with van der Waals surface area (Å²) in [6.45, 7) is 2.06. The van der Waals surface area contributed by atoms with Crippen molar-refractivity contribution in [3.63, 3.8) is 0 Å². The summed E-state index contributed by atoms with van der Waals surface area (Å²) in [5.74, 6) is -0.662. The topological polar surface area (TPSA) is 55.4 Å². The molecular formula is C17H18ClNO3S. The van der Waals surface area contributed by atoms with Gasteiger partial charge >= 0.3 is 5.97 Å². The molecule has 0 radical (unpaired) electrons. The van der Waals surface area contributed by atoms with Crippen molar-refractivity contribution in [1.29, 1.82) is 0 Å². The Morgan fingerprint density at radius 3 is 2.70 bits per heavy atom. The van der Waals surface area contributed by atoms with Gasteiger partial charge in [0.15, 0.2) is 0 Å². The summed E-state index contributed by atoms with van der Waals surface area (Å²) in [5.41, 5.74) is 1.14. The molecule has 0 unspecified atom stereocenters. The van der Waals surface area contributed by atoms with Gasteiger partial charge in [-0.15, -0.1) is 11.3 Å². The number of halogens is 1. The number of amides is 1. The number of hydrogen-bond donors (Lipinski definition) is 1. The third-order valence-electron chi connectivity index (χ3n) is 3.25. The first kappa shape index (κ1) is 17.5. The Hall–Kier alpha value is -1.85. The lowest BCUT2D eigenvalue weighted by atomic mass is 10.1. The lowest BCUT2D eigenvalue weighted by Gasteiger charge is -2.06. The average Bonchev–Trinajstić information content (AvgIpc) is 2.91. The standard InChI is InChI=1S/C17H18ClNO3S/c1-3-6-12-10-13(17(21)22-2)16(23-12)19-15(20)9-11-7-4-5-8-14(11)18/h4-5,7-8,10H,3,6,9H2,1-2H3,(H,19,20). The number of aryl methyl sites for hydroxylation is 1. The van der Waals surface area contributed by atoms with Gasteiger partial charge in [0.05, 0.1) is 19.1 Å². The zero-order chi connectivity index (χ0) is 16.8. The fourth-order valence-electron chi connectivity index (χ4n) is 2.15. The molecule has 2 aromatic rings. The van der Waals surface area contributed by atoms with E-state index in [1.54, 1.807) is 18.2 Å². The summed E-state index contributed by atoms with van der Waals surface area (Å²) in [7, 11) is 1.33. The van der Waals surface area contributed by atoms with E-state index in [4.69, 9.17) is 16.3 Å². The molecule has 2 rings (SSSR count). The Kier molecular flexibility index (Phi) is 6.19. The number of hydrogen-bond acceptors (Lipinski definition) is 4. The maximum Gasteiger partial charge on any atom is 0.340 e. The van der Waals surface area contributed by atoms with Crippen LogP contribution in [0, 0.1) is 0 Å². The predicted octanol–water partition coefficient (Wildman–Crippen LogP) is 4.32. The molecule has 0 bridgehead atoms. The molecule has 0 saturated heterocycles. The van der Waals surface area contributed by atoms with Crippen molar-refractivity contribution < 1.29 is 14.3 Å². The molecule has 1 heterocycles. The van der Waals surface area contributed by atoms with Gasteiger partial charge in [-0.25, -0.2) is 4.79 Å². The summed E-state index contributed by atoms with van der Waals surface area (Å²) in [6.07, 6.45) is 1.98. The fraction of sp³-hybridized carbons (Fsp3) is 0.294. The molecule has 23 heavy (non-hydrogen) atoms. The van der Waals surface area contributed by atoms with E-state index in [9.17, 15) is 9.59 Å².